The van der Waals surface area contributed by atoms with Gasteiger partial charge in [-0.1, -0.05) is 27.7 Å². The fourth-order valence-corrected chi connectivity index (χ4v) is 9.74. The first-order valence-electron chi connectivity index (χ1n) is 13.1. The molecule has 172 valence electrons. The van der Waals surface area contributed by atoms with Gasteiger partial charge in [-0.05, 0) is 67.1 Å². The molecule has 0 aromatic rings. The molecule has 4 nitrogen and oxygen atoms in total. The van der Waals surface area contributed by atoms with Gasteiger partial charge in [0.2, 0.25) is 0 Å². The van der Waals surface area contributed by atoms with E-state index >= 15 is 0 Å². The molecule has 6 rings (SSSR count). The first kappa shape index (κ1) is 20.8. The molecule has 0 unspecified atom stereocenters. The molecule has 2 heterocycles. The van der Waals surface area contributed by atoms with Gasteiger partial charge in [-0.2, -0.15) is 0 Å². The Kier molecular flexibility index (Phi) is 4.47. The van der Waals surface area contributed by atoms with E-state index in [1.54, 1.807) is 0 Å². The molecule has 6 fully saturated rings. The Morgan fingerprint density at radius 2 is 1.77 bits per heavy atom. The molecule has 0 bridgehead atoms. The summed E-state index contributed by atoms with van der Waals surface area (Å²) in [5, 5.41) is 0. The van der Waals surface area contributed by atoms with Crippen molar-refractivity contribution in [2.45, 2.75) is 97.4 Å². The minimum atomic E-state index is -0.458. The van der Waals surface area contributed by atoms with Gasteiger partial charge < -0.3 is 9.47 Å². The van der Waals surface area contributed by atoms with E-state index in [1.807, 2.05) is 0 Å². The molecular formula is C27H40O4. The third-order valence-electron chi connectivity index (χ3n) is 11.6. The lowest BCUT2D eigenvalue weighted by Gasteiger charge is -2.59. The highest BCUT2D eigenvalue weighted by Crippen LogP contribution is 2.70. The number of hydrogen-bond donors (Lipinski definition) is 0. The van der Waals surface area contributed by atoms with Crippen molar-refractivity contribution in [1.29, 1.82) is 0 Å². The van der Waals surface area contributed by atoms with Gasteiger partial charge in [0.05, 0.1) is 12.7 Å². The number of carbonyl (C=O) groups is 2. The topological polar surface area (TPSA) is 52.6 Å². The highest BCUT2D eigenvalue weighted by Gasteiger charge is 2.71. The van der Waals surface area contributed by atoms with Crippen molar-refractivity contribution in [3.8, 4) is 0 Å². The van der Waals surface area contributed by atoms with Crippen LogP contribution in [0.1, 0.15) is 85.5 Å². The van der Waals surface area contributed by atoms with E-state index in [9.17, 15) is 9.59 Å². The van der Waals surface area contributed by atoms with Crippen molar-refractivity contribution in [1.82, 2.24) is 0 Å². The van der Waals surface area contributed by atoms with E-state index in [0.29, 0.717) is 41.2 Å². The summed E-state index contributed by atoms with van der Waals surface area (Å²) >= 11 is 0. The number of carbonyl (C=O) groups excluding carboxylic acids is 2. The fourth-order valence-electron chi connectivity index (χ4n) is 9.74. The van der Waals surface area contributed by atoms with Crippen LogP contribution in [-0.4, -0.2) is 30.1 Å². The zero-order chi connectivity index (χ0) is 21.8. The number of ketones is 2. The average Bonchev–Trinajstić information content (AvgIpc) is 3.18. The van der Waals surface area contributed by atoms with Gasteiger partial charge in [0.1, 0.15) is 11.6 Å². The molecule has 4 heteroatoms. The van der Waals surface area contributed by atoms with Crippen molar-refractivity contribution in [2.24, 2.45) is 52.3 Å². The Morgan fingerprint density at radius 3 is 2.52 bits per heavy atom. The molecule has 31 heavy (non-hydrogen) atoms. The minimum Gasteiger partial charge on any atom is -0.349 e. The van der Waals surface area contributed by atoms with Crippen LogP contribution in [0.3, 0.4) is 0 Å². The van der Waals surface area contributed by atoms with Crippen LogP contribution in [0.4, 0.5) is 0 Å². The summed E-state index contributed by atoms with van der Waals surface area (Å²) in [6.07, 6.45) is 8.86. The lowest BCUT2D eigenvalue weighted by molar-refractivity contribution is -0.272. The van der Waals surface area contributed by atoms with Crippen molar-refractivity contribution >= 4 is 11.6 Å². The lowest BCUT2D eigenvalue weighted by atomic mass is 9.44. The molecule has 0 aromatic heterocycles. The van der Waals surface area contributed by atoms with Crippen LogP contribution in [0, 0.1) is 52.3 Å². The van der Waals surface area contributed by atoms with E-state index in [2.05, 4.69) is 27.7 Å². The second-order valence-corrected chi connectivity index (χ2v) is 12.8. The van der Waals surface area contributed by atoms with Crippen LogP contribution in [0.2, 0.25) is 0 Å². The molecule has 2 aliphatic heterocycles. The number of rotatable bonds is 0. The summed E-state index contributed by atoms with van der Waals surface area (Å²) in [7, 11) is 0. The van der Waals surface area contributed by atoms with Crippen LogP contribution in [-0.2, 0) is 19.1 Å². The predicted octanol–water partition coefficient (Wildman–Crippen LogP) is 5.18. The van der Waals surface area contributed by atoms with Gasteiger partial charge >= 0.3 is 0 Å². The summed E-state index contributed by atoms with van der Waals surface area (Å²) in [6.45, 7) is 10.0. The van der Waals surface area contributed by atoms with Crippen LogP contribution >= 0.6 is 0 Å². The maximum atomic E-state index is 14.0. The molecule has 0 radical (unpaired) electrons. The Labute approximate surface area is 187 Å². The summed E-state index contributed by atoms with van der Waals surface area (Å²) < 4.78 is 13.2. The average molecular weight is 429 g/mol. The normalized spacial score (nSPS) is 58.6. The Balaban J connectivity index is 1.31. The van der Waals surface area contributed by atoms with Crippen molar-refractivity contribution in [3.05, 3.63) is 0 Å². The molecular weight excluding hydrogens is 388 g/mol. The highest BCUT2D eigenvalue weighted by atomic mass is 16.7. The minimum absolute atomic E-state index is 0.166. The predicted molar refractivity (Wildman–Crippen MR) is 117 cm³/mol. The molecule has 0 amide bonds. The van der Waals surface area contributed by atoms with E-state index in [4.69, 9.17) is 9.47 Å². The maximum absolute atomic E-state index is 14.0. The van der Waals surface area contributed by atoms with Gasteiger partial charge in [-0.25, -0.2) is 0 Å². The molecule has 0 N–H and O–H groups in total. The Morgan fingerprint density at radius 1 is 0.968 bits per heavy atom. The van der Waals surface area contributed by atoms with Gasteiger partial charge in [-0.3, -0.25) is 9.59 Å². The quantitative estimate of drug-likeness (QED) is 0.533. The fraction of sp³-hybridized carbons (Fsp3) is 0.926. The lowest BCUT2D eigenvalue weighted by Crippen LogP contribution is -2.58. The SMILES string of the molecule is C[C@@H]1CC[C@@]2(OC1)O[C@H]1C[C@H]3[C@H]4CC[C@H]5CC(=O)CC[C@]5(C)[C@H]4CC(=O)[C@]3(C)[C@H]1[C@@H]2C. The van der Waals surface area contributed by atoms with Gasteiger partial charge in [0, 0.05) is 42.9 Å². The molecule has 11 atom stereocenters. The number of hydrogen-bond acceptors (Lipinski definition) is 4. The van der Waals surface area contributed by atoms with Crippen LogP contribution < -0.4 is 0 Å². The Hall–Kier alpha value is -0.740. The van der Waals surface area contributed by atoms with Crippen LogP contribution in [0.25, 0.3) is 0 Å². The second kappa shape index (κ2) is 6.65. The molecule has 2 saturated heterocycles. The van der Waals surface area contributed by atoms with Crippen molar-refractivity contribution in [3.63, 3.8) is 0 Å². The third-order valence-corrected chi connectivity index (χ3v) is 11.6. The highest BCUT2D eigenvalue weighted by molar-refractivity contribution is 5.87. The molecule has 4 aliphatic carbocycles. The molecule has 0 aromatic carbocycles. The first-order chi connectivity index (χ1) is 14.7. The number of Topliss-reactive ketones (excluding diaryl/α,β-unsaturated/α-hetero) is 2. The summed E-state index contributed by atoms with van der Waals surface area (Å²) in [5.74, 6) is 3.63. The van der Waals surface area contributed by atoms with Gasteiger partial charge in [-0.15, -0.1) is 0 Å². The van der Waals surface area contributed by atoms with E-state index in [-0.39, 0.29) is 28.8 Å². The van der Waals surface area contributed by atoms with Crippen molar-refractivity contribution < 1.29 is 19.1 Å². The summed E-state index contributed by atoms with van der Waals surface area (Å²) in [6, 6.07) is 0. The summed E-state index contributed by atoms with van der Waals surface area (Å²) in [4.78, 5) is 26.1. The van der Waals surface area contributed by atoms with Crippen LogP contribution in [0.15, 0.2) is 0 Å². The molecule has 6 aliphatic rings. The van der Waals surface area contributed by atoms with E-state index in [1.165, 1.54) is 12.8 Å². The Bertz CT molecular complexity index is 797. The molecule has 4 saturated carbocycles. The van der Waals surface area contributed by atoms with Gasteiger partial charge in [0.25, 0.3) is 0 Å². The summed E-state index contributed by atoms with van der Waals surface area (Å²) in [5.41, 5.74) is -0.101. The van der Waals surface area contributed by atoms with Gasteiger partial charge in [0.15, 0.2) is 5.79 Å². The largest absolute Gasteiger partial charge is 0.349 e. The third kappa shape index (κ3) is 2.61. The standard InChI is InChI=1S/C27H40O4/c1-15-7-10-27(30-14-15)16(2)24-22(31-27)12-21-19-6-5-17-11-18(28)8-9-25(17,3)20(19)13-23(29)26(21,24)4/h15-17,19-22,24H,5-14H2,1-4H3/t15-,16+,17+,19+,20+,21+,22+,24+,25+,26-,27-/m1/s1. The first-order valence-corrected chi connectivity index (χ1v) is 13.1. The number of fused-ring (bicyclic) bond motifs is 7. The second-order valence-electron chi connectivity index (χ2n) is 12.8. The van der Waals surface area contributed by atoms with Crippen molar-refractivity contribution in [2.75, 3.05) is 6.61 Å². The van der Waals surface area contributed by atoms with Crippen LogP contribution in [0.5, 0.6) is 0 Å². The van der Waals surface area contributed by atoms with E-state index in [0.717, 1.165) is 51.6 Å². The van der Waals surface area contributed by atoms with E-state index < -0.39 is 5.79 Å². The maximum Gasteiger partial charge on any atom is 0.171 e. The zero-order valence-corrected chi connectivity index (χ0v) is 19.8. The zero-order valence-electron chi connectivity index (χ0n) is 19.8. The number of ether oxygens (including phenoxy) is 2. The monoisotopic (exact) mass is 428 g/mol. The smallest absolute Gasteiger partial charge is 0.171 e. The molecule has 1 spiro atoms.